The Labute approximate surface area is 103 Å². The van der Waals surface area contributed by atoms with Crippen LogP contribution in [0, 0.1) is 15.9 Å². The zero-order chi connectivity index (χ0) is 13.9. The van der Waals surface area contributed by atoms with Crippen molar-refractivity contribution in [2.75, 3.05) is 5.32 Å². The smallest absolute Gasteiger partial charge is 0.292 e. The fourth-order valence-corrected chi connectivity index (χ4v) is 1.19. The number of halogens is 1. The second-order valence-corrected chi connectivity index (χ2v) is 4.14. The van der Waals surface area contributed by atoms with E-state index in [9.17, 15) is 19.3 Å². The maximum atomic E-state index is 13.0. The Hall–Kier alpha value is -2.02. The molecule has 0 bridgehead atoms. The molecule has 1 aromatic carbocycles. The topological polar surface area (TPSA) is 98.3 Å². The molecule has 6 nitrogen and oxygen atoms in total. The van der Waals surface area contributed by atoms with Crippen LogP contribution in [0.1, 0.15) is 20.3 Å². The number of amides is 1. The molecule has 0 saturated carbocycles. The maximum absolute atomic E-state index is 13.0. The first kappa shape index (κ1) is 14.0. The van der Waals surface area contributed by atoms with Crippen LogP contribution in [0.25, 0.3) is 0 Å². The van der Waals surface area contributed by atoms with E-state index in [0.717, 1.165) is 18.2 Å². The number of carbonyl (C=O) groups excluding carboxylic acids is 1. The van der Waals surface area contributed by atoms with E-state index in [1.807, 2.05) is 0 Å². The van der Waals surface area contributed by atoms with Crippen LogP contribution in [-0.2, 0) is 4.79 Å². The molecule has 1 aromatic rings. The van der Waals surface area contributed by atoms with Crippen molar-refractivity contribution in [2.45, 2.75) is 25.8 Å². The molecule has 0 radical (unpaired) electrons. The number of carbonyl (C=O) groups is 1. The number of nitrogens with zero attached hydrogens (tertiary/aromatic N) is 1. The third-order valence-corrected chi connectivity index (χ3v) is 2.66. The lowest BCUT2D eigenvalue weighted by atomic mass is 9.99. The van der Waals surface area contributed by atoms with E-state index < -0.39 is 22.2 Å². The molecule has 0 aromatic heterocycles. The minimum atomic E-state index is -1.17. The van der Waals surface area contributed by atoms with Crippen LogP contribution in [0.5, 0.6) is 0 Å². The van der Waals surface area contributed by atoms with Crippen LogP contribution in [0.2, 0.25) is 0 Å². The first-order valence-electron chi connectivity index (χ1n) is 5.32. The number of nitrogens with one attached hydrogen (secondary N) is 1. The first-order chi connectivity index (χ1) is 8.27. The molecule has 3 N–H and O–H groups in total. The molecule has 0 fully saturated rings. The molecule has 98 valence electrons. The van der Waals surface area contributed by atoms with Crippen molar-refractivity contribution in [1.82, 2.24) is 0 Å². The van der Waals surface area contributed by atoms with Gasteiger partial charge in [0.15, 0.2) is 0 Å². The van der Waals surface area contributed by atoms with Crippen LogP contribution >= 0.6 is 0 Å². The number of nitro benzene ring substituents is 1. The van der Waals surface area contributed by atoms with E-state index in [4.69, 9.17) is 5.73 Å². The average Bonchev–Trinajstić information content (AvgIpc) is 2.28. The van der Waals surface area contributed by atoms with Crippen molar-refractivity contribution in [3.8, 4) is 0 Å². The molecule has 0 aliphatic heterocycles. The van der Waals surface area contributed by atoms with Crippen LogP contribution in [-0.4, -0.2) is 16.4 Å². The minimum absolute atomic E-state index is 0.199. The van der Waals surface area contributed by atoms with Gasteiger partial charge in [0.05, 0.1) is 10.5 Å². The summed E-state index contributed by atoms with van der Waals surface area (Å²) in [5.41, 5.74) is 3.95. The summed E-state index contributed by atoms with van der Waals surface area (Å²) in [6.07, 6.45) is 0.349. The normalized spacial score (nSPS) is 13.8. The first-order valence-corrected chi connectivity index (χ1v) is 5.32. The van der Waals surface area contributed by atoms with Crippen LogP contribution in [0.3, 0.4) is 0 Å². The molecule has 0 aliphatic carbocycles. The molecule has 1 unspecified atom stereocenters. The van der Waals surface area contributed by atoms with Crippen molar-refractivity contribution in [3.63, 3.8) is 0 Å². The number of hydrogen-bond acceptors (Lipinski definition) is 4. The summed E-state index contributed by atoms with van der Waals surface area (Å²) in [5.74, 6) is -1.27. The summed E-state index contributed by atoms with van der Waals surface area (Å²) in [4.78, 5) is 21.8. The van der Waals surface area contributed by atoms with Gasteiger partial charge in [0, 0.05) is 12.1 Å². The van der Waals surface area contributed by atoms with Gasteiger partial charge < -0.3 is 11.1 Å². The summed E-state index contributed by atoms with van der Waals surface area (Å²) < 4.78 is 13.0. The van der Waals surface area contributed by atoms with Crippen molar-refractivity contribution in [3.05, 3.63) is 34.1 Å². The summed E-state index contributed by atoms with van der Waals surface area (Å²) in [6, 6.07) is 2.84. The monoisotopic (exact) mass is 255 g/mol. The number of rotatable bonds is 4. The average molecular weight is 255 g/mol. The van der Waals surface area contributed by atoms with Gasteiger partial charge in [0.1, 0.15) is 11.5 Å². The Bertz CT molecular complexity index is 488. The predicted molar refractivity (Wildman–Crippen MR) is 64.6 cm³/mol. The van der Waals surface area contributed by atoms with Gasteiger partial charge in [-0.2, -0.15) is 0 Å². The van der Waals surface area contributed by atoms with Gasteiger partial charge in [-0.1, -0.05) is 6.92 Å². The third-order valence-electron chi connectivity index (χ3n) is 2.66. The van der Waals surface area contributed by atoms with Gasteiger partial charge in [0.25, 0.3) is 5.69 Å². The van der Waals surface area contributed by atoms with Crippen molar-refractivity contribution >= 4 is 17.3 Å². The number of nitro groups is 1. The SMILES string of the molecule is CCC(C)(N)C(=O)Nc1cc(F)ccc1[N+](=O)[O-]. The molecule has 1 atom stereocenters. The number of hydrogen-bond donors (Lipinski definition) is 2. The largest absolute Gasteiger partial charge is 0.319 e. The number of nitrogens with two attached hydrogens (primary N) is 1. The molecule has 0 aliphatic rings. The van der Waals surface area contributed by atoms with Gasteiger partial charge in [0.2, 0.25) is 5.91 Å². The Kier molecular flexibility index (Phi) is 3.97. The lowest BCUT2D eigenvalue weighted by molar-refractivity contribution is -0.384. The van der Waals surface area contributed by atoms with Crippen LogP contribution in [0.4, 0.5) is 15.8 Å². The van der Waals surface area contributed by atoms with E-state index in [0.29, 0.717) is 6.42 Å². The third kappa shape index (κ3) is 3.01. The lowest BCUT2D eigenvalue weighted by Crippen LogP contribution is -2.47. The van der Waals surface area contributed by atoms with Gasteiger partial charge in [-0.25, -0.2) is 4.39 Å². The highest BCUT2D eigenvalue weighted by atomic mass is 19.1. The van der Waals surface area contributed by atoms with Gasteiger partial charge in [-0.3, -0.25) is 14.9 Å². The van der Waals surface area contributed by atoms with Crippen molar-refractivity contribution < 1.29 is 14.1 Å². The molecule has 0 spiro atoms. The molecule has 18 heavy (non-hydrogen) atoms. The molecular formula is C11H14FN3O3. The molecular weight excluding hydrogens is 241 g/mol. The summed E-state index contributed by atoms with van der Waals surface area (Å²) in [5, 5.41) is 13.0. The van der Waals surface area contributed by atoms with Crippen LogP contribution < -0.4 is 11.1 Å². The Morgan fingerprint density at radius 1 is 1.61 bits per heavy atom. The summed E-state index contributed by atoms with van der Waals surface area (Å²) in [7, 11) is 0. The van der Waals surface area contributed by atoms with E-state index in [1.54, 1.807) is 6.92 Å². The van der Waals surface area contributed by atoms with E-state index >= 15 is 0 Å². The Morgan fingerprint density at radius 3 is 2.72 bits per heavy atom. The zero-order valence-corrected chi connectivity index (χ0v) is 10.1. The van der Waals surface area contributed by atoms with E-state index in [2.05, 4.69) is 5.32 Å². The lowest BCUT2D eigenvalue weighted by Gasteiger charge is -2.21. The highest BCUT2D eigenvalue weighted by Crippen LogP contribution is 2.25. The van der Waals surface area contributed by atoms with Gasteiger partial charge in [-0.05, 0) is 19.4 Å². The quantitative estimate of drug-likeness (QED) is 0.633. The molecule has 7 heteroatoms. The Morgan fingerprint density at radius 2 is 2.22 bits per heavy atom. The van der Waals surface area contributed by atoms with Crippen molar-refractivity contribution in [1.29, 1.82) is 0 Å². The van der Waals surface area contributed by atoms with Crippen LogP contribution in [0.15, 0.2) is 18.2 Å². The second kappa shape index (κ2) is 5.09. The van der Waals surface area contributed by atoms with E-state index in [1.165, 1.54) is 6.92 Å². The highest BCUT2D eigenvalue weighted by molar-refractivity contribution is 5.99. The molecule has 0 heterocycles. The standard InChI is InChI=1S/C11H14FN3O3/c1-3-11(2,13)10(16)14-8-6-7(12)4-5-9(8)15(17)18/h4-6H,3,13H2,1-2H3,(H,14,16). The van der Waals surface area contributed by atoms with E-state index in [-0.39, 0.29) is 11.4 Å². The van der Waals surface area contributed by atoms with Gasteiger partial charge in [-0.15, -0.1) is 0 Å². The predicted octanol–water partition coefficient (Wildman–Crippen LogP) is 1.80. The maximum Gasteiger partial charge on any atom is 0.292 e. The fraction of sp³-hybridized carbons (Fsp3) is 0.364. The second-order valence-electron chi connectivity index (χ2n) is 4.14. The number of anilines is 1. The van der Waals surface area contributed by atoms with Gasteiger partial charge >= 0.3 is 0 Å². The zero-order valence-electron chi connectivity index (χ0n) is 10.1. The highest BCUT2D eigenvalue weighted by Gasteiger charge is 2.28. The summed E-state index contributed by atoms with van der Waals surface area (Å²) >= 11 is 0. The minimum Gasteiger partial charge on any atom is -0.319 e. The number of benzene rings is 1. The fourth-order valence-electron chi connectivity index (χ4n) is 1.19. The molecule has 1 rings (SSSR count). The van der Waals surface area contributed by atoms with Crippen molar-refractivity contribution in [2.24, 2.45) is 5.73 Å². The molecule has 0 saturated heterocycles. The Balaban J connectivity index is 3.07. The summed E-state index contributed by atoms with van der Waals surface area (Å²) in [6.45, 7) is 3.20. The molecule has 1 amide bonds.